The van der Waals surface area contributed by atoms with Gasteiger partial charge >= 0.3 is 0 Å². The molecule has 1 atom stereocenters. The number of piperidine rings is 1. The highest BCUT2D eigenvalue weighted by molar-refractivity contribution is 6.31. The molecule has 0 saturated carbocycles. The van der Waals surface area contributed by atoms with Crippen LogP contribution in [0, 0.1) is 5.92 Å². The number of carbonyl (C=O) groups excluding carboxylic acids is 1. The van der Waals surface area contributed by atoms with Crippen molar-refractivity contribution in [1.29, 1.82) is 0 Å². The van der Waals surface area contributed by atoms with Crippen LogP contribution in [0.1, 0.15) is 24.0 Å². The molecule has 1 amide bonds. The molecule has 4 nitrogen and oxygen atoms in total. The zero-order valence-corrected chi connectivity index (χ0v) is 17.7. The molecule has 0 radical (unpaired) electrons. The van der Waals surface area contributed by atoms with Gasteiger partial charge in [0.05, 0.1) is 5.92 Å². The molecule has 29 heavy (non-hydrogen) atoms. The molecule has 1 unspecified atom stereocenters. The summed E-state index contributed by atoms with van der Waals surface area (Å²) in [5, 5.41) is 0.815. The van der Waals surface area contributed by atoms with Crippen molar-refractivity contribution in [2.45, 2.75) is 25.9 Å². The maximum absolute atomic E-state index is 13.1. The molecule has 0 N–H and O–H groups in total. The summed E-state index contributed by atoms with van der Waals surface area (Å²) in [5.41, 5.74) is 2.49. The zero-order chi connectivity index (χ0) is 20.1. The van der Waals surface area contributed by atoms with Crippen LogP contribution in [0.4, 0.5) is 0 Å². The largest absolute Gasteiger partial charge is 0.340 e. The average molecular weight is 412 g/mol. The number of likely N-dealkylation sites (tertiary alicyclic amines) is 1. The molecule has 4 rings (SSSR count). The van der Waals surface area contributed by atoms with E-state index >= 15 is 0 Å². The first-order valence-corrected chi connectivity index (χ1v) is 11.1. The van der Waals surface area contributed by atoms with Crippen LogP contribution in [0.25, 0.3) is 0 Å². The lowest BCUT2D eigenvalue weighted by molar-refractivity contribution is -0.139. The summed E-state index contributed by atoms with van der Waals surface area (Å²) >= 11 is 6.33. The van der Waals surface area contributed by atoms with Crippen LogP contribution in [0.5, 0.6) is 0 Å². The van der Waals surface area contributed by atoms with Gasteiger partial charge in [-0.05, 0) is 36.6 Å². The number of hydrogen-bond acceptors (Lipinski definition) is 3. The van der Waals surface area contributed by atoms with E-state index in [-0.39, 0.29) is 5.92 Å². The summed E-state index contributed by atoms with van der Waals surface area (Å²) in [6.07, 6.45) is 2.08. The Balaban J connectivity index is 1.27. The van der Waals surface area contributed by atoms with Crippen molar-refractivity contribution in [1.82, 2.24) is 14.7 Å². The van der Waals surface area contributed by atoms with Crippen molar-refractivity contribution in [2.24, 2.45) is 5.92 Å². The summed E-state index contributed by atoms with van der Waals surface area (Å²) in [5.74, 6) is 0.458. The first-order chi connectivity index (χ1) is 14.2. The van der Waals surface area contributed by atoms with Gasteiger partial charge < -0.3 is 4.90 Å². The molecule has 2 heterocycles. The van der Waals surface area contributed by atoms with Crippen LogP contribution in [0.2, 0.25) is 5.02 Å². The van der Waals surface area contributed by atoms with E-state index in [0.717, 1.165) is 75.8 Å². The van der Waals surface area contributed by atoms with Crippen molar-refractivity contribution in [3.63, 3.8) is 0 Å². The molecular weight excluding hydrogens is 382 g/mol. The molecule has 0 aliphatic carbocycles. The van der Waals surface area contributed by atoms with Gasteiger partial charge in [0.15, 0.2) is 0 Å². The lowest BCUT2D eigenvalue weighted by Crippen LogP contribution is -2.52. The highest BCUT2D eigenvalue weighted by Gasteiger charge is 2.31. The van der Waals surface area contributed by atoms with Crippen LogP contribution in [0.15, 0.2) is 54.6 Å². The van der Waals surface area contributed by atoms with Crippen molar-refractivity contribution in [2.75, 3.05) is 39.3 Å². The lowest BCUT2D eigenvalue weighted by atomic mass is 9.95. The summed E-state index contributed by atoms with van der Waals surface area (Å²) in [4.78, 5) is 20.1. The van der Waals surface area contributed by atoms with Gasteiger partial charge in [0, 0.05) is 50.8 Å². The molecular formula is C24H30ClN3O. The highest BCUT2D eigenvalue weighted by Crippen LogP contribution is 2.24. The second-order valence-electron chi connectivity index (χ2n) is 8.25. The second kappa shape index (κ2) is 9.75. The number of halogens is 1. The quantitative estimate of drug-likeness (QED) is 0.746. The third kappa shape index (κ3) is 5.39. The third-order valence-corrected chi connectivity index (χ3v) is 6.51. The minimum absolute atomic E-state index is 0.118. The minimum Gasteiger partial charge on any atom is -0.340 e. The van der Waals surface area contributed by atoms with Crippen molar-refractivity contribution < 1.29 is 4.79 Å². The molecule has 2 aromatic carbocycles. The van der Waals surface area contributed by atoms with E-state index in [2.05, 4.69) is 51.1 Å². The van der Waals surface area contributed by atoms with Crippen LogP contribution in [0.3, 0.4) is 0 Å². The monoisotopic (exact) mass is 411 g/mol. The highest BCUT2D eigenvalue weighted by atomic mass is 35.5. The summed E-state index contributed by atoms with van der Waals surface area (Å²) in [7, 11) is 0. The number of nitrogens with zero attached hydrogens (tertiary/aromatic N) is 3. The van der Waals surface area contributed by atoms with E-state index in [1.54, 1.807) is 0 Å². The molecule has 0 bridgehead atoms. The fraction of sp³-hybridized carbons (Fsp3) is 0.458. The van der Waals surface area contributed by atoms with Gasteiger partial charge in [-0.25, -0.2) is 0 Å². The number of amides is 1. The van der Waals surface area contributed by atoms with Gasteiger partial charge in [0.1, 0.15) is 0 Å². The maximum atomic E-state index is 13.1. The summed E-state index contributed by atoms with van der Waals surface area (Å²) < 4.78 is 0. The van der Waals surface area contributed by atoms with Crippen LogP contribution in [-0.4, -0.2) is 59.9 Å². The molecule has 2 fully saturated rings. The van der Waals surface area contributed by atoms with E-state index in [0.29, 0.717) is 5.91 Å². The van der Waals surface area contributed by atoms with Gasteiger partial charge in [0.2, 0.25) is 5.91 Å². The first-order valence-electron chi connectivity index (χ1n) is 10.7. The molecule has 0 spiro atoms. The number of hydrogen-bond donors (Lipinski definition) is 0. The molecule has 2 aliphatic rings. The van der Waals surface area contributed by atoms with Crippen molar-refractivity contribution in [3.8, 4) is 0 Å². The maximum Gasteiger partial charge on any atom is 0.227 e. The zero-order valence-electron chi connectivity index (χ0n) is 17.0. The normalized spacial score (nSPS) is 21.3. The molecule has 5 heteroatoms. The Morgan fingerprint density at radius 2 is 1.59 bits per heavy atom. The molecule has 154 valence electrons. The molecule has 2 saturated heterocycles. The number of piperazine rings is 1. The summed E-state index contributed by atoms with van der Waals surface area (Å²) in [6, 6.07) is 18.6. The van der Waals surface area contributed by atoms with E-state index < -0.39 is 0 Å². The molecule has 2 aliphatic heterocycles. The van der Waals surface area contributed by atoms with Gasteiger partial charge in [-0.3, -0.25) is 14.6 Å². The Kier molecular flexibility index (Phi) is 6.86. The topological polar surface area (TPSA) is 26.8 Å². The Morgan fingerprint density at radius 3 is 2.34 bits per heavy atom. The standard InChI is InChI=1S/C24H30ClN3O/c25-23-11-5-4-9-21(23)18-27-12-6-10-22(19-27)24(29)28-15-13-26(14-16-28)17-20-7-2-1-3-8-20/h1-5,7-9,11,22H,6,10,12-19H2. The molecule has 2 aromatic rings. The fourth-order valence-corrected chi connectivity index (χ4v) is 4.69. The van der Waals surface area contributed by atoms with Crippen LogP contribution in [-0.2, 0) is 17.9 Å². The van der Waals surface area contributed by atoms with E-state index in [1.807, 2.05) is 18.2 Å². The smallest absolute Gasteiger partial charge is 0.227 e. The molecule has 0 aromatic heterocycles. The average Bonchev–Trinajstić information content (AvgIpc) is 2.76. The van der Waals surface area contributed by atoms with Crippen LogP contribution < -0.4 is 0 Å². The SMILES string of the molecule is O=C(C1CCCN(Cc2ccccc2Cl)C1)N1CCN(Cc2ccccc2)CC1. The fourth-order valence-electron chi connectivity index (χ4n) is 4.49. The number of rotatable bonds is 5. The third-order valence-electron chi connectivity index (χ3n) is 6.14. The Bertz CT molecular complexity index is 805. The van der Waals surface area contributed by atoms with E-state index in [1.165, 1.54) is 5.56 Å². The number of carbonyl (C=O) groups is 1. The lowest BCUT2D eigenvalue weighted by Gasteiger charge is -2.39. The van der Waals surface area contributed by atoms with E-state index in [9.17, 15) is 4.79 Å². The minimum atomic E-state index is 0.118. The predicted molar refractivity (Wildman–Crippen MR) is 118 cm³/mol. The predicted octanol–water partition coefficient (Wildman–Crippen LogP) is 3.90. The second-order valence-corrected chi connectivity index (χ2v) is 8.66. The first kappa shape index (κ1) is 20.4. The Hall–Kier alpha value is -1.88. The van der Waals surface area contributed by atoms with Crippen molar-refractivity contribution >= 4 is 17.5 Å². The van der Waals surface area contributed by atoms with Crippen LogP contribution >= 0.6 is 11.6 Å². The van der Waals surface area contributed by atoms with Gasteiger partial charge in [-0.15, -0.1) is 0 Å². The van der Waals surface area contributed by atoms with Crippen molar-refractivity contribution in [3.05, 3.63) is 70.7 Å². The number of benzene rings is 2. The summed E-state index contributed by atoms with van der Waals surface area (Å²) in [6.45, 7) is 7.27. The van der Waals surface area contributed by atoms with Gasteiger partial charge in [-0.1, -0.05) is 60.1 Å². The van der Waals surface area contributed by atoms with E-state index in [4.69, 9.17) is 11.6 Å². The van der Waals surface area contributed by atoms with Gasteiger partial charge in [0.25, 0.3) is 0 Å². The Morgan fingerprint density at radius 1 is 0.862 bits per heavy atom. The Labute approximate surface area is 179 Å². The van der Waals surface area contributed by atoms with Gasteiger partial charge in [-0.2, -0.15) is 0 Å².